The number of aliphatic hydroxyl groups is 1. The lowest BCUT2D eigenvalue weighted by molar-refractivity contribution is -0.142. The van der Waals surface area contributed by atoms with Gasteiger partial charge in [-0.2, -0.15) is 12.6 Å². The molecular formula is C21H33N7O7S. The highest BCUT2D eigenvalue weighted by Gasteiger charge is 2.29. The van der Waals surface area contributed by atoms with Crippen LogP contribution in [0.5, 0.6) is 5.75 Å². The van der Waals surface area contributed by atoms with Crippen LogP contribution in [0, 0.1) is 0 Å². The predicted octanol–water partition coefficient (Wildman–Crippen LogP) is -3.22. The third-order valence-corrected chi connectivity index (χ3v) is 5.28. The number of thiol groups is 1. The Morgan fingerprint density at radius 3 is 2.03 bits per heavy atom. The number of amides is 3. The minimum atomic E-state index is -1.32. The molecule has 0 bridgehead atoms. The number of rotatable bonds is 15. The van der Waals surface area contributed by atoms with E-state index in [1.807, 2.05) is 0 Å². The van der Waals surface area contributed by atoms with Gasteiger partial charge >= 0.3 is 5.97 Å². The van der Waals surface area contributed by atoms with E-state index in [1.165, 1.54) is 24.3 Å². The number of hydrogen-bond donors (Lipinski definition) is 10. The van der Waals surface area contributed by atoms with Crippen molar-refractivity contribution in [1.29, 1.82) is 0 Å². The summed E-state index contributed by atoms with van der Waals surface area (Å²) in [6.07, 6.45) is 0.291. The van der Waals surface area contributed by atoms with Crippen LogP contribution < -0.4 is 33.2 Å². The first-order valence-electron chi connectivity index (χ1n) is 10.9. The lowest BCUT2D eigenvalue weighted by atomic mass is 10.1. The first-order valence-corrected chi connectivity index (χ1v) is 11.6. The molecule has 0 fully saturated rings. The Hall–Kier alpha value is -3.56. The van der Waals surface area contributed by atoms with Gasteiger partial charge in [-0.05, 0) is 30.5 Å². The lowest BCUT2D eigenvalue weighted by Crippen LogP contribution is -2.58. The van der Waals surface area contributed by atoms with Crippen LogP contribution >= 0.6 is 12.6 Å². The fraction of sp³-hybridized carbons (Fsp3) is 0.476. The summed E-state index contributed by atoms with van der Waals surface area (Å²) in [5, 5.41) is 35.2. The van der Waals surface area contributed by atoms with E-state index in [-0.39, 0.29) is 43.3 Å². The molecule has 0 aliphatic heterocycles. The molecular weight excluding hydrogens is 494 g/mol. The number of carboxylic acid groups (broad SMARTS) is 1. The molecule has 0 aliphatic carbocycles. The van der Waals surface area contributed by atoms with Crippen LogP contribution in [0.3, 0.4) is 0 Å². The number of carbonyl (C=O) groups excluding carboxylic acids is 3. The lowest BCUT2D eigenvalue weighted by Gasteiger charge is -2.24. The quantitative estimate of drug-likeness (QED) is 0.0472. The maximum atomic E-state index is 12.9. The molecule has 0 saturated carbocycles. The van der Waals surface area contributed by atoms with Gasteiger partial charge in [0.2, 0.25) is 17.7 Å². The van der Waals surface area contributed by atoms with Crippen molar-refractivity contribution in [1.82, 2.24) is 16.0 Å². The summed E-state index contributed by atoms with van der Waals surface area (Å²) in [6.45, 7) is -0.477. The maximum absolute atomic E-state index is 12.9. The minimum absolute atomic E-state index is 0.00685. The van der Waals surface area contributed by atoms with Gasteiger partial charge in [0, 0.05) is 18.7 Å². The number of phenols is 1. The molecule has 0 spiro atoms. The highest BCUT2D eigenvalue weighted by molar-refractivity contribution is 7.80. The number of aliphatic hydroxyl groups excluding tert-OH is 1. The summed E-state index contributed by atoms with van der Waals surface area (Å²) in [5.41, 5.74) is 16.6. The number of hydrogen-bond acceptors (Lipinski definition) is 9. The predicted molar refractivity (Wildman–Crippen MR) is 134 cm³/mol. The summed E-state index contributed by atoms with van der Waals surface area (Å²) >= 11 is 4.07. The summed E-state index contributed by atoms with van der Waals surface area (Å²) in [6, 6.07) is 0.841. The molecule has 0 radical (unpaired) electrons. The summed E-state index contributed by atoms with van der Waals surface area (Å²) in [7, 11) is 0. The van der Waals surface area contributed by atoms with Crippen molar-refractivity contribution in [3.8, 4) is 5.75 Å². The van der Waals surface area contributed by atoms with Crippen LogP contribution in [0.15, 0.2) is 29.3 Å². The molecule has 0 saturated heterocycles. The van der Waals surface area contributed by atoms with Gasteiger partial charge in [0.05, 0.1) is 6.61 Å². The summed E-state index contributed by atoms with van der Waals surface area (Å²) in [4.78, 5) is 53.2. The van der Waals surface area contributed by atoms with Crippen LogP contribution in [0.1, 0.15) is 18.4 Å². The average molecular weight is 528 g/mol. The average Bonchev–Trinajstić information content (AvgIpc) is 2.83. The highest BCUT2D eigenvalue weighted by Crippen LogP contribution is 2.12. The van der Waals surface area contributed by atoms with E-state index < -0.39 is 54.5 Å². The monoisotopic (exact) mass is 527 g/mol. The van der Waals surface area contributed by atoms with Crippen LogP contribution in [-0.2, 0) is 25.6 Å². The van der Waals surface area contributed by atoms with Gasteiger partial charge < -0.3 is 48.5 Å². The van der Waals surface area contributed by atoms with Crippen molar-refractivity contribution in [3.63, 3.8) is 0 Å². The first-order chi connectivity index (χ1) is 17.0. The smallest absolute Gasteiger partial charge is 0.326 e. The molecule has 200 valence electrons. The van der Waals surface area contributed by atoms with E-state index in [0.717, 1.165) is 0 Å². The molecule has 4 unspecified atom stereocenters. The van der Waals surface area contributed by atoms with E-state index in [0.29, 0.717) is 5.56 Å². The number of nitrogens with one attached hydrogen (secondary N) is 3. The number of carbonyl (C=O) groups is 4. The van der Waals surface area contributed by atoms with Gasteiger partial charge in [0.15, 0.2) is 5.96 Å². The molecule has 1 aromatic carbocycles. The Labute approximate surface area is 213 Å². The largest absolute Gasteiger partial charge is 0.508 e. The molecule has 0 aliphatic rings. The van der Waals surface area contributed by atoms with E-state index in [1.54, 1.807) is 0 Å². The zero-order valence-corrected chi connectivity index (χ0v) is 20.4. The first kappa shape index (κ1) is 30.5. The highest BCUT2D eigenvalue weighted by atomic mass is 32.1. The van der Waals surface area contributed by atoms with Crippen molar-refractivity contribution < 1.29 is 34.5 Å². The number of aliphatic carboxylic acids is 1. The van der Waals surface area contributed by atoms with Gasteiger partial charge in [-0.3, -0.25) is 19.4 Å². The normalized spacial score (nSPS) is 14.0. The number of nitrogens with two attached hydrogens (primary N) is 3. The number of benzene rings is 1. The molecule has 4 atom stereocenters. The fourth-order valence-corrected chi connectivity index (χ4v) is 3.20. The Bertz CT molecular complexity index is 926. The van der Waals surface area contributed by atoms with Crippen LogP contribution in [-0.4, -0.2) is 88.0 Å². The number of carboxylic acids is 1. The van der Waals surface area contributed by atoms with E-state index in [2.05, 4.69) is 33.6 Å². The molecule has 1 rings (SSSR count). The van der Waals surface area contributed by atoms with E-state index >= 15 is 0 Å². The van der Waals surface area contributed by atoms with Gasteiger partial charge in [0.25, 0.3) is 0 Å². The molecule has 0 heterocycles. The Balaban J connectivity index is 2.89. The molecule has 36 heavy (non-hydrogen) atoms. The second kappa shape index (κ2) is 15.4. The number of phenolic OH excluding ortho intramolecular Hbond substituents is 1. The third kappa shape index (κ3) is 10.8. The summed E-state index contributed by atoms with van der Waals surface area (Å²) < 4.78 is 0. The van der Waals surface area contributed by atoms with E-state index in [9.17, 15) is 29.4 Å². The Morgan fingerprint density at radius 2 is 1.50 bits per heavy atom. The number of aliphatic imine (C=N–C) groups is 1. The Morgan fingerprint density at radius 1 is 0.944 bits per heavy atom. The van der Waals surface area contributed by atoms with Crippen molar-refractivity contribution in [2.24, 2.45) is 22.2 Å². The van der Waals surface area contributed by atoms with Gasteiger partial charge in [-0.1, -0.05) is 12.1 Å². The molecule has 1 aromatic rings. The molecule has 0 aromatic heterocycles. The number of nitrogens with zero attached hydrogens (tertiary/aromatic N) is 1. The summed E-state index contributed by atoms with van der Waals surface area (Å²) in [5.74, 6) is -3.95. The van der Waals surface area contributed by atoms with Gasteiger partial charge in [0.1, 0.15) is 29.9 Å². The van der Waals surface area contributed by atoms with Gasteiger partial charge in [-0.15, -0.1) is 0 Å². The Kier molecular flexibility index (Phi) is 13.1. The van der Waals surface area contributed by atoms with Crippen LogP contribution in [0.25, 0.3) is 0 Å². The molecule has 15 heteroatoms. The van der Waals surface area contributed by atoms with Crippen molar-refractivity contribution in [2.45, 2.75) is 43.4 Å². The number of guanidine groups is 1. The van der Waals surface area contributed by atoms with E-state index in [4.69, 9.17) is 22.3 Å². The zero-order chi connectivity index (χ0) is 27.3. The topological polar surface area (TPSA) is 255 Å². The second-order valence-corrected chi connectivity index (χ2v) is 8.18. The molecule has 12 N–H and O–H groups in total. The van der Waals surface area contributed by atoms with Crippen LogP contribution in [0.4, 0.5) is 0 Å². The maximum Gasteiger partial charge on any atom is 0.326 e. The fourth-order valence-electron chi connectivity index (χ4n) is 2.94. The zero-order valence-electron chi connectivity index (χ0n) is 19.5. The van der Waals surface area contributed by atoms with Gasteiger partial charge in [-0.25, -0.2) is 4.79 Å². The number of aromatic hydroxyl groups is 1. The second-order valence-electron chi connectivity index (χ2n) is 7.81. The van der Waals surface area contributed by atoms with Crippen molar-refractivity contribution in [3.05, 3.63) is 29.8 Å². The minimum Gasteiger partial charge on any atom is -0.508 e. The third-order valence-electron chi connectivity index (χ3n) is 4.92. The SMILES string of the molecule is NC(N)=NCCCC(NC(=O)C(N)CO)C(=O)NC(CS)C(=O)NC(Cc1ccc(O)cc1)C(=O)O. The molecule has 14 nitrogen and oxygen atoms in total. The van der Waals surface area contributed by atoms with Crippen molar-refractivity contribution in [2.75, 3.05) is 18.9 Å². The molecule has 3 amide bonds. The standard InChI is InChI=1S/C21H33N7O7S/c22-13(9-29)17(31)26-14(2-1-7-25-21(23)24)18(32)28-16(10-36)19(33)27-15(20(34)35)8-11-3-5-12(30)6-4-11/h3-6,13-16,29-30,36H,1-2,7-10,22H2,(H,26,31)(H,27,33)(H,28,32)(H,34,35)(H4,23,24,25). The van der Waals surface area contributed by atoms with Crippen molar-refractivity contribution >= 4 is 42.3 Å². The van der Waals surface area contributed by atoms with Crippen LogP contribution in [0.2, 0.25) is 0 Å².